The second-order valence-electron chi connectivity index (χ2n) is 0. The molecule has 0 aromatic heterocycles. The topological polar surface area (TPSA) is 0 Å². The maximum Gasteiger partial charge on any atom is 0 e. The zero-order chi connectivity index (χ0) is 0. The molecule has 0 saturated carbocycles. The molecule has 8 heavy (non-hydrogen) atoms. The fourth-order valence-corrected chi connectivity index (χ4v) is 0. The van der Waals surface area contributed by atoms with E-state index in [1.165, 1.54) is 0 Å². The molecule has 0 spiro atoms. The van der Waals surface area contributed by atoms with Crippen LogP contribution in [-0.4, -0.2) is 31.5 Å². The van der Waals surface area contributed by atoms with Gasteiger partial charge in [0.1, 0.15) is 0 Å². The average Bonchev–Trinajstić information content (AvgIpc) is 0. The van der Waals surface area contributed by atoms with Crippen LogP contribution in [0.1, 0.15) is 0 Å². The van der Waals surface area contributed by atoms with Crippen molar-refractivity contribution in [3.05, 3.63) is 0 Å². The first-order chi connectivity index (χ1) is 0. The molecule has 0 rings (SSSR count). The van der Waals surface area contributed by atoms with Gasteiger partial charge in [-0.25, -0.2) is 0 Å². The second-order valence-corrected chi connectivity index (χ2v) is 0. The minimum Gasteiger partial charge on any atom is -0.197 e. The minimum absolute atomic E-state index is 0. The molecule has 0 nitrogen and oxygen atoms in total. The van der Waals surface area contributed by atoms with Gasteiger partial charge in [-0.3, -0.25) is 0 Å². The van der Waals surface area contributed by atoms with Crippen molar-refractivity contribution in [3.8, 4) is 0 Å². The quantitative estimate of drug-likeness (QED) is 0.470. The Labute approximate surface area is 134 Å². The van der Waals surface area contributed by atoms with Crippen LogP contribution in [0.5, 0.6) is 0 Å². The maximum atomic E-state index is 0. The van der Waals surface area contributed by atoms with E-state index in [2.05, 4.69) is 0 Å². The molecule has 0 aromatic rings. The summed E-state index contributed by atoms with van der Waals surface area (Å²) in [4.78, 5) is 0. The Kier molecular flexibility index (Phi) is 763. The van der Waals surface area contributed by atoms with E-state index in [0.717, 1.165) is 0 Å². The van der Waals surface area contributed by atoms with Crippen molar-refractivity contribution in [2.45, 2.75) is 0 Å². The minimum atomic E-state index is 0. The molecular weight excluding hydrogens is 403 g/mol. The first-order valence-corrected chi connectivity index (χ1v) is 0. The van der Waals surface area contributed by atoms with Crippen molar-refractivity contribution in [1.82, 2.24) is 0 Å². The molecule has 0 aliphatic heterocycles. The van der Waals surface area contributed by atoms with Crippen molar-refractivity contribution in [2.75, 3.05) is 0 Å². The van der Waals surface area contributed by atoms with Gasteiger partial charge in [0, 0.05) is 123 Å². The van der Waals surface area contributed by atoms with E-state index in [1.807, 2.05) is 0 Å². The van der Waals surface area contributed by atoms with E-state index in [-0.39, 0.29) is 137 Å². The Hall–Kier alpha value is 4.05. The van der Waals surface area contributed by atoms with Gasteiger partial charge in [-0.05, 0) is 0 Å². The third-order valence-corrected chi connectivity index (χ3v) is 0. The molecule has 0 amide bonds. The van der Waals surface area contributed by atoms with Crippen LogP contribution < -0.4 is 0 Å². The fraction of sp³-hybridized carbons (Fsp3) is 0. The van der Waals surface area contributed by atoms with E-state index < -0.39 is 0 Å². The van der Waals surface area contributed by atoms with Crippen LogP contribution in [-0.2, 0) is 91.7 Å². The van der Waals surface area contributed by atoms with Gasteiger partial charge in [-0.1, -0.05) is 0 Å². The molecule has 0 aliphatic rings. The Morgan fingerprint density at radius 3 is 1.00 bits per heavy atom. The normalized spacial score (nSPS) is 0. The van der Waals surface area contributed by atoms with Crippen LogP contribution in [0, 0.1) is 0 Å². The molecule has 0 atom stereocenters. The molecule has 7 radical (unpaired) electrons. The molecule has 0 unspecified atom stereocenters. The number of hydrogen-bond donors (Lipinski definition) is 0. The summed E-state index contributed by atoms with van der Waals surface area (Å²) in [5, 5.41) is 0. The zero-order valence-electron chi connectivity index (χ0n) is 3.93. The van der Waals surface area contributed by atoms with Gasteiger partial charge in [-0.15, -0.1) is 0 Å². The van der Waals surface area contributed by atoms with E-state index in [9.17, 15) is 0 Å². The zero-order valence-corrected chi connectivity index (χ0v) is 14.5. The predicted molar refractivity (Wildman–Crippen MR) is 21.9 cm³/mol. The van der Waals surface area contributed by atoms with E-state index >= 15 is 0 Å². The first kappa shape index (κ1) is 89.7. The molecule has 0 aromatic carbocycles. The summed E-state index contributed by atoms with van der Waals surface area (Å²) in [5.74, 6) is 0. The molecule has 0 N–H and O–H groups in total. The van der Waals surface area contributed by atoms with Gasteiger partial charge in [-0.2, -0.15) is 13.5 Å². The molecular formula is H2BCuFeMgMnMoSZn. The van der Waals surface area contributed by atoms with Gasteiger partial charge >= 0.3 is 0 Å². The average molecular weight is 405 g/mol. The first-order valence-electron chi connectivity index (χ1n) is 0. The largest absolute Gasteiger partial charge is 0.197 e. The summed E-state index contributed by atoms with van der Waals surface area (Å²) in [7, 11) is 0. The predicted octanol–water partition coefficient (Wildman–Crippen LogP) is -0.661. The van der Waals surface area contributed by atoms with Crippen molar-refractivity contribution in [1.29, 1.82) is 0 Å². The van der Waals surface area contributed by atoms with Crippen LogP contribution >= 0.6 is 13.5 Å². The molecule has 0 bridgehead atoms. The van der Waals surface area contributed by atoms with Gasteiger partial charge in [0.25, 0.3) is 0 Å². The summed E-state index contributed by atoms with van der Waals surface area (Å²) in [6.07, 6.45) is 0. The Morgan fingerprint density at radius 2 is 1.00 bits per heavy atom. The van der Waals surface area contributed by atoms with E-state index in [4.69, 9.17) is 0 Å². The van der Waals surface area contributed by atoms with Crippen molar-refractivity contribution >= 4 is 45.0 Å². The van der Waals surface area contributed by atoms with Crippen LogP contribution in [0.4, 0.5) is 0 Å². The fourth-order valence-electron chi connectivity index (χ4n) is 0. The van der Waals surface area contributed by atoms with Crippen molar-refractivity contribution < 1.29 is 91.7 Å². The molecule has 47 valence electrons. The summed E-state index contributed by atoms with van der Waals surface area (Å²) in [6, 6.07) is 0. The summed E-state index contributed by atoms with van der Waals surface area (Å²) < 4.78 is 0. The summed E-state index contributed by atoms with van der Waals surface area (Å²) >= 11 is 0. The molecule has 8 heteroatoms. The Balaban J connectivity index is 0. The molecule has 0 aliphatic carbocycles. The van der Waals surface area contributed by atoms with Crippen molar-refractivity contribution in [2.24, 2.45) is 0 Å². The molecule has 0 heterocycles. The second kappa shape index (κ2) is 68.0. The number of rotatable bonds is 0. The Morgan fingerprint density at radius 1 is 1.00 bits per heavy atom. The van der Waals surface area contributed by atoms with Crippen molar-refractivity contribution in [3.63, 3.8) is 0 Å². The van der Waals surface area contributed by atoms with E-state index in [1.54, 1.807) is 0 Å². The van der Waals surface area contributed by atoms with Crippen LogP contribution in [0.2, 0.25) is 0 Å². The van der Waals surface area contributed by atoms with Gasteiger partial charge in [0.2, 0.25) is 0 Å². The van der Waals surface area contributed by atoms with Crippen LogP contribution in [0.15, 0.2) is 0 Å². The number of hydrogen-bond acceptors (Lipinski definition) is 0. The summed E-state index contributed by atoms with van der Waals surface area (Å²) in [6.45, 7) is 0. The van der Waals surface area contributed by atoms with Crippen LogP contribution in [0.3, 0.4) is 0 Å². The Bertz CT molecular complexity index is 24.0. The molecule has 0 fully saturated rings. The monoisotopic (exact) mass is 405 g/mol. The molecule has 0 saturated heterocycles. The third kappa shape index (κ3) is 50.2. The van der Waals surface area contributed by atoms with Crippen LogP contribution in [0.25, 0.3) is 0 Å². The maximum absolute atomic E-state index is 0. The van der Waals surface area contributed by atoms with Gasteiger partial charge < -0.3 is 0 Å². The smallest absolute Gasteiger partial charge is 0 e. The van der Waals surface area contributed by atoms with E-state index in [0.29, 0.717) is 0 Å². The SMILES string of the molecule is S.[B].[Cu].[Fe].[Mg].[Mn].[Mo].[Zn]. The van der Waals surface area contributed by atoms with Gasteiger partial charge in [0.15, 0.2) is 0 Å². The third-order valence-electron chi connectivity index (χ3n) is 0. The summed E-state index contributed by atoms with van der Waals surface area (Å²) in [5.41, 5.74) is 0. The van der Waals surface area contributed by atoms with Gasteiger partial charge in [0.05, 0.1) is 0 Å². The standard InChI is InChI=1S/B.Cu.Fe.Mg.Mn.Mo.H2S.Zn/h;;;;;;1H2;.